The van der Waals surface area contributed by atoms with Crippen molar-refractivity contribution < 1.29 is 13.2 Å². The molecule has 1 fully saturated rings. The van der Waals surface area contributed by atoms with Gasteiger partial charge in [0, 0.05) is 68.2 Å². The van der Waals surface area contributed by atoms with Crippen molar-refractivity contribution in [2.24, 2.45) is 0 Å². The molecule has 5 nitrogen and oxygen atoms in total. The topological polar surface area (TPSA) is 45.2 Å². The molecule has 0 N–H and O–H groups in total. The van der Waals surface area contributed by atoms with E-state index >= 15 is 0 Å². The standard InChI is InChI=1S/C25H26F3N5/c26-25(27,28)21-8-6-18(7-9-21)23-30-15-20-17-32(14-10-22(20)31-23)16-19-5-4-11-29-24(19)33-12-2-1-3-13-33/h4-9,11,15H,1-3,10,12-14,16-17H2. The highest BCUT2D eigenvalue weighted by atomic mass is 19.4. The van der Waals surface area contributed by atoms with Gasteiger partial charge in [-0.25, -0.2) is 15.0 Å². The van der Waals surface area contributed by atoms with Crippen LogP contribution in [-0.2, 0) is 25.7 Å². The highest BCUT2D eigenvalue weighted by Crippen LogP contribution is 2.31. The van der Waals surface area contributed by atoms with E-state index in [-0.39, 0.29) is 0 Å². The number of nitrogens with zero attached hydrogens (tertiary/aromatic N) is 5. The summed E-state index contributed by atoms with van der Waals surface area (Å²) in [5, 5.41) is 0. The molecule has 3 aromatic rings. The number of hydrogen-bond acceptors (Lipinski definition) is 5. The number of alkyl halides is 3. The molecule has 0 aliphatic carbocycles. The SMILES string of the molecule is FC(F)(F)c1ccc(-c2ncc3c(n2)CCN(Cc2cccnc2N2CCCCC2)C3)cc1. The molecule has 0 amide bonds. The number of rotatable bonds is 4. The maximum Gasteiger partial charge on any atom is 0.416 e. The van der Waals surface area contributed by atoms with Gasteiger partial charge in [0.1, 0.15) is 5.82 Å². The predicted molar refractivity (Wildman–Crippen MR) is 121 cm³/mol. The minimum atomic E-state index is -4.35. The molecule has 0 unspecified atom stereocenters. The lowest BCUT2D eigenvalue weighted by Gasteiger charge is -2.32. The van der Waals surface area contributed by atoms with Crippen molar-refractivity contribution >= 4 is 5.82 Å². The molecule has 172 valence electrons. The lowest BCUT2D eigenvalue weighted by molar-refractivity contribution is -0.137. The Morgan fingerprint density at radius 2 is 1.70 bits per heavy atom. The second-order valence-corrected chi connectivity index (χ2v) is 8.74. The smallest absolute Gasteiger partial charge is 0.356 e. The predicted octanol–water partition coefficient (Wildman–Crippen LogP) is 5.11. The Hall–Kier alpha value is -3.00. The Balaban J connectivity index is 1.30. The van der Waals surface area contributed by atoms with Crippen LogP contribution in [0.2, 0.25) is 0 Å². The van der Waals surface area contributed by atoms with Gasteiger partial charge in [-0.2, -0.15) is 13.2 Å². The Kier molecular flexibility index (Phi) is 6.01. The van der Waals surface area contributed by atoms with E-state index in [4.69, 9.17) is 0 Å². The van der Waals surface area contributed by atoms with Crippen LogP contribution < -0.4 is 4.90 Å². The van der Waals surface area contributed by atoms with Gasteiger partial charge in [-0.15, -0.1) is 0 Å². The van der Waals surface area contributed by atoms with Gasteiger partial charge in [0.25, 0.3) is 0 Å². The fourth-order valence-corrected chi connectivity index (χ4v) is 4.64. The second kappa shape index (κ2) is 9.09. The first-order valence-corrected chi connectivity index (χ1v) is 11.4. The fourth-order valence-electron chi connectivity index (χ4n) is 4.64. The van der Waals surface area contributed by atoms with Gasteiger partial charge in [-0.05, 0) is 37.5 Å². The summed E-state index contributed by atoms with van der Waals surface area (Å²) in [6.07, 6.45) is 3.84. The van der Waals surface area contributed by atoms with Crippen molar-refractivity contribution in [1.82, 2.24) is 19.9 Å². The van der Waals surface area contributed by atoms with Crippen molar-refractivity contribution in [1.29, 1.82) is 0 Å². The van der Waals surface area contributed by atoms with E-state index in [1.807, 2.05) is 18.5 Å². The zero-order valence-electron chi connectivity index (χ0n) is 18.4. The van der Waals surface area contributed by atoms with Crippen molar-refractivity contribution in [3.63, 3.8) is 0 Å². The fraction of sp³-hybridized carbons (Fsp3) is 0.400. The van der Waals surface area contributed by atoms with Crippen molar-refractivity contribution in [3.05, 3.63) is 71.2 Å². The van der Waals surface area contributed by atoms with Crippen molar-refractivity contribution in [3.8, 4) is 11.4 Å². The first kappa shape index (κ1) is 21.8. The van der Waals surface area contributed by atoms with Gasteiger partial charge in [-0.1, -0.05) is 18.2 Å². The van der Waals surface area contributed by atoms with Crippen molar-refractivity contribution in [2.45, 2.75) is 44.9 Å². The molecule has 5 rings (SSSR count). The highest BCUT2D eigenvalue weighted by molar-refractivity contribution is 5.56. The quantitative estimate of drug-likeness (QED) is 0.550. The van der Waals surface area contributed by atoms with E-state index < -0.39 is 11.7 Å². The molecule has 1 saturated heterocycles. The van der Waals surface area contributed by atoms with E-state index in [1.54, 1.807) is 0 Å². The minimum Gasteiger partial charge on any atom is -0.356 e. The van der Waals surface area contributed by atoms with Gasteiger partial charge >= 0.3 is 6.18 Å². The lowest BCUT2D eigenvalue weighted by atomic mass is 10.0. The zero-order chi connectivity index (χ0) is 22.8. The maximum atomic E-state index is 12.8. The number of anilines is 1. The normalized spacial score (nSPS) is 17.1. The monoisotopic (exact) mass is 453 g/mol. The van der Waals surface area contributed by atoms with E-state index in [0.717, 1.165) is 68.4 Å². The molecule has 0 bridgehead atoms. The number of fused-ring (bicyclic) bond motifs is 1. The van der Waals surface area contributed by atoms with Gasteiger partial charge < -0.3 is 4.90 Å². The Bertz CT molecular complexity index is 1110. The largest absolute Gasteiger partial charge is 0.416 e. The van der Waals surface area contributed by atoms with Gasteiger partial charge in [0.05, 0.1) is 11.3 Å². The summed E-state index contributed by atoms with van der Waals surface area (Å²) >= 11 is 0. The average Bonchev–Trinajstić information content (AvgIpc) is 2.84. The Morgan fingerprint density at radius 1 is 0.909 bits per heavy atom. The van der Waals surface area contributed by atoms with Crippen LogP contribution in [0.25, 0.3) is 11.4 Å². The molecule has 0 saturated carbocycles. The third-order valence-electron chi connectivity index (χ3n) is 6.40. The number of benzene rings is 1. The van der Waals surface area contributed by atoms with Gasteiger partial charge in [-0.3, -0.25) is 4.90 Å². The Morgan fingerprint density at radius 3 is 2.45 bits per heavy atom. The molecule has 33 heavy (non-hydrogen) atoms. The van der Waals surface area contributed by atoms with Crippen LogP contribution in [0, 0.1) is 0 Å². The minimum absolute atomic E-state index is 0.468. The number of hydrogen-bond donors (Lipinski definition) is 0. The van der Waals surface area contributed by atoms with Crippen LogP contribution >= 0.6 is 0 Å². The van der Waals surface area contributed by atoms with Crippen LogP contribution in [0.4, 0.5) is 19.0 Å². The molecule has 0 radical (unpaired) electrons. The summed E-state index contributed by atoms with van der Waals surface area (Å²) in [7, 11) is 0. The third-order valence-corrected chi connectivity index (χ3v) is 6.40. The number of piperidine rings is 1. The summed E-state index contributed by atoms with van der Waals surface area (Å²) in [6.45, 7) is 4.56. The average molecular weight is 454 g/mol. The molecule has 2 aromatic heterocycles. The molecule has 8 heteroatoms. The van der Waals surface area contributed by atoms with Crippen molar-refractivity contribution in [2.75, 3.05) is 24.5 Å². The molecule has 4 heterocycles. The molecular formula is C25H26F3N5. The molecule has 0 atom stereocenters. The maximum absolute atomic E-state index is 12.8. The van der Waals surface area contributed by atoms with Gasteiger partial charge in [0.15, 0.2) is 5.82 Å². The summed E-state index contributed by atoms with van der Waals surface area (Å²) in [4.78, 5) is 18.6. The summed E-state index contributed by atoms with van der Waals surface area (Å²) in [5.74, 6) is 1.56. The van der Waals surface area contributed by atoms with Crippen LogP contribution in [0.1, 0.15) is 41.6 Å². The van der Waals surface area contributed by atoms with Crippen LogP contribution in [0.5, 0.6) is 0 Å². The Labute approximate surface area is 191 Å². The summed E-state index contributed by atoms with van der Waals surface area (Å²) in [6, 6.07) is 9.19. The number of aromatic nitrogens is 3. The highest BCUT2D eigenvalue weighted by Gasteiger charge is 2.30. The molecule has 2 aliphatic heterocycles. The van der Waals surface area contributed by atoms with E-state index in [0.29, 0.717) is 11.4 Å². The molecule has 2 aliphatic rings. The number of halogens is 3. The first-order valence-electron chi connectivity index (χ1n) is 11.4. The first-order chi connectivity index (χ1) is 16.0. The van der Waals surface area contributed by atoms with E-state index in [1.165, 1.54) is 37.0 Å². The lowest BCUT2D eigenvalue weighted by Crippen LogP contribution is -2.34. The molecule has 0 spiro atoms. The second-order valence-electron chi connectivity index (χ2n) is 8.74. The summed E-state index contributed by atoms with van der Waals surface area (Å²) in [5.41, 5.74) is 3.21. The van der Waals surface area contributed by atoms with Crippen LogP contribution in [0.3, 0.4) is 0 Å². The molecule has 1 aromatic carbocycles. The summed E-state index contributed by atoms with van der Waals surface area (Å²) < 4.78 is 38.5. The van der Waals surface area contributed by atoms with Gasteiger partial charge in [0.2, 0.25) is 0 Å². The molecular weight excluding hydrogens is 427 g/mol. The van der Waals surface area contributed by atoms with E-state index in [9.17, 15) is 13.2 Å². The number of pyridine rings is 1. The van der Waals surface area contributed by atoms with Crippen LogP contribution in [0.15, 0.2) is 48.8 Å². The van der Waals surface area contributed by atoms with Crippen LogP contribution in [-0.4, -0.2) is 39.5 Å². The third kappa shape index (κ3) is 4.85. The van der Waals surface area contributed by atoms with E-state index in [2.05, 4.69) is 30.8 Å². The zero-order valence-corrected chi connectivity index (χ0v) is 18.4.